The molecule has 1 saturated heterocycles. The molecule has 0 aliphatic carbocycles. The molecule has 0 spiro atoms. The maximum atomic E-state index is 13.8. The van der Waals surface area contributed by atoms with Gasteiger partial charge in [0.1, 0.15) is 11.5 Å². The summed E-state index contributed by atoms with van der Waals surface area (Å²) in [5.41, 5.74) is 0.475. The van der Waals surface area contributed by atoms with Gasteiger partial charge in [-0.15, -0.1) is 0 Å². The van der Waals surface area contributed by atoms with Crippen molar-refractivity contribution in [3.63, 3.8) is 0 Å². The number of rotatable bonds is 5. The molecule has 2 aromatic heterocycles. The van der Waals surface area contributed by atoms with Gasteiger partial charge in [0.15, 0.2) is 23.5 Å². The van der Waals surface area contributed by atoms with Gasteiger partial charge in [0.25, 0.3) is 11.8 Å². The van der Waals surface area contributed by atoms with Crippen molar-refractivity contribution in [1.82, 2.24) is 25.0 Å². The van der Waals surface area contributed by atoms with Gasteiger partial charge in [-0.2, -0.15) is 4.98 Å². The molecule has 1 amide bonds. The van der Waals surface area contributed by atoms with Crippen molar-refractivity contribution in [3.05, 3.63) is 54.2 Å². The van der Waals surface area contributed by atoms with Crippen LogP contribution in [0.4, 0.5) is 8.78 Å². The number of halogens is 2. The average Bonchev–Trinajstić information content (AvgIpc) is 3.26. The molecule has 2 atom stereocenters. The largest absolute Gasteiger partial charge is 0.478 e. The summed E-state index contributed by atoms with van der Waals surface area (Å²) in [6, 6.07) is 2.96. The monoisotopic (exact) mass is 415 g/mol. The van der Waals surface area contributed by atoms with E-state index in [4.69, 9.17) is 9.26 Å². The summed E-state index contributed by atoms with van der Waals surface area (Å²) < 4.78 is 37.6. The van der Waals surface area contributed by atoms with Crippen LogP contribution in [0.25, 0.3) is 11.6 Å². The molecule has 1 aliphatic rings. The van der Waals surface area contributed by atoms with E-state index in [1.54, 1.807) is 11.1 Å². The Morgan fingerprint density at radius 1 is 1.33 bits per heavy atom. The second kappa shape index (κ2) is 8.52. The molecule has 30 heavy (non-hydrogen) atoms. The Bertz CT molecular complexity index is 1030. The van der Waals surface area contributed by atoms with E-state index in [2.05, 4.69) is 20.1 Å². The number of amides is 1. The molecular formula is C20H19F2N5O3. The topological polar surface area (TPSA) is 94.2 Å². The molecule has 8 nitrogen and oxygen atoms in total. The molecule has 3 heterocycles. The number of piperidine rings is 1. The highest BCUT2D eigenvalue weighted by molar-refractivity contribution is 5.81. The molecule has 0 bridgehead atoms. The van der Waals surface area contributed by atoms with Crippen molar-refractivity contribution in [1.29, 1.82) is 0 Å². The summed E-state index contributed by atoms with van der Waals surface area (Å²) >= 11 is 0. The molecule has 10 heteroatoms. The third-order valence-electron chi connectivity index (χ3n) is 4.87. The van der Waals surface area contributed by atoms with E-state index in [1.165, 1.54) is 25.4 Å². The minimum absolute atomic E-state index is 0.105. The number of hydrogen-bond acceptors (Lipinski definition) is 7. The summed E-state index contributed by atoms with van der Waals surface area (Å²) in [4.78, 5) is 27.0. The molecule has 1 aliphatic heterocycles. The lowest BCUT2D eigenvalue weighted by Crippen LogP contribution is -2.45. The highest BCUT2D eigenvalue weighted by atomic mass is 19.1. The van der Waals surface area contributed by atoms with Crippen molar-refractivity contribution in [2.75, 3.05) is 13.1 Å². The van der Waals surface area contributed by atoms with Gasteiger partial charge in [-0.1, -0.05) is 5.16 Å². The van der Waals surface area contributed by atoms with Crippen LogP contribution < -0.4 is 4.74 Å². The summed E-state index contributed by atoms with van der Waals surface area (Å²) in [7, 11) is 0. The van der Waals surface area contributed by atoms with Gasteiger partial charge < -0.3 is 14.2 Å². The third kappa shape index (κ3) is 4.27. The van der Waals surface area contributed by atoms with E-state index in [9.17, 15) is 13.6 Å². The normalized spacial score (nSPS) is 17.6. The van der Waals surface area contributed by atoms with Gasteiger partial charge in [0, 0.05) is 37.5 Å². The van der Waals surface area contributed by atoms with E-state index in [-0.39, 0.29) is 23.5 Å². The Hall–Kier alpha value is -3.43. The summed E-state index contributed by atoms with van der Waals surface area (Å²) in [5.74, 6) is -1.37. The van der Waals surface area contributed by atoms with E-state index < -0.39 is 17.7 Å². The SMILES string of the molecule is CC(Oc1ccc(F)cc1F)C(=O)N1CCCC(c2noc(-c3cnccn3)n2)C1. The lowest BCUT2D eigenvalue weighted by molar-refractivity contribution is -0.139. The maximum Gasteiger partial charge on any atom is 0.278 e. The second-order valence-corrected chi connectivity index (χ2v) is 7.01. The molecule has 2 unspecified atom stereocenters. The first kappa shape index (κ1) is 19.9. The highest BCUT2D eigenvalue weighted by Crippen LogP contribution is 2.27. The van der Waals surface area contributed by atoms with Crippen molar-refractivity contribution >= 4 is 5.91 Å². The molecule has 0 saturated carbocycles. The fourth-order valence-corrected chi connectivity index (χ4v) is 3.37. The number of benzene rings is 1. The van der Waals surface area contributed by atoms with Crippen LogP contribution >= 0.6 is 0 Å². The van der Waals surface area contributed by atoms with Gasteiger partial charge in [0.2, 0.25) is 0 Å². The van der Waals surface area contributed by atoms with E-state index in [0.717, 1.165) is 18.9 Å². The van der Waals surface area contributed by atoms with Crippen LogP contribution in [0.3, 0.4) is 0 Å². The van der Waals surface area contributed by atoms with Gasteiger partial charge in [0.05, 0.1) is 6.20 Å². The smallest absolute Gasteiger partial charge is 0.278 e. The molecule has 1 aromatic carbocycles. The van der Waals surface area contributed by atoms with Gasteiger partial charge in [-0.05, 0) is 31.9 Å². The molecular weight excluding hydrogens is 396 g/mol. The van der Waals surface area contributed by atoms with Crippen molar-refractivity contribution in [3.8, 4) is 17.3 Å². The molecule has 4 rings (SSSR count). The van der Waals surface area contributed by atoms with Crippen molar-refractivity contribution in [2.24, 2.45) is 0 Å². The number of ether oxygens (including phenoxy) is 1. The fraction of sp³-hybridized carbons (Fsp3) is 0.350. The Balaban J connectivity index is 1.42. The van der Waals surface area contributed by atoms with Crippen LogP contribution in [0.1, 0.15) is 31.5 Å². The summed E-state index contributed by atoms with van der Waals surface area (Å²) in [6.45, 7) is 2.47. The predicted octanol–water partition coefficient (Wildman–Crippen LogP) is 2.98. The first-order valence-corrected chi connectivity index (χ1v) is 9.51. The first-order valence-electron chi connectivity index (χ1n) is 9.51. The van der Waals surface area contributed by atoms with E-state index in [1.807, 2.05) is 0 Å². The lowest BCUT2D eigenvalue weighted by Gasteiger charge is -2.33. The molecule has 156 valence electrons. The number of carbonyl (C=O) groups excluding carboxylic acids is 1. The van der Waals surface area contributed by atoms with Gasteiger partial charge in [-0.25, -0.2) is 13.8 Å². The van der Waals surface area contributed by atoms with Crippen LogP contribution in [0.5, 0.6) is 5.75 Å². The van der Waals surface area contributed by atoms with Crippen molar-refractivity contribution < 1.29 is 22.8 Å². The second-order valence-electron chi connectivity index (χ2n) is 7.01. The quantitative estimate of drug-likeness (QED) is 0.632. The minimum atomic E-state index is -0.927. The van der Waals surface area contributed by atoms with Crippen LogP contribution in [-0.4, -0.2) is 50.1 Å². The first-order chi connectivity index (χ1) is 14.5. The van der Waals surface area contributed by atoms with Crippen LogP contribution in [0.15, 0.2) is 41.3 Å². The number of carbonyl (C=O) groups is 1. The molecule has 0 radical (unpaired) electrons. The summed E-state index contributed by atoms with van der Waals surface area (Å²) in [5, 5.41) is 4.03. The zero-order valence-electron chi connectivity index (χ0n) is 16.2. The Kier molecular flexibility index (Phi) is 5.64. The van der Waals surface area contributed by atoms with Gasteiger partial charge >= 0.3 is 0 Å². The van der Waals surface area contributed by atoms with Crippen molar-refractivity contribution in [2.45, 2.75) is 31.8 Å². The average molecular weight is 415 g/mol. The Morgan fingerprint density at radius 3 is 2.97 bits per heavy atom. The zero-order valence-corrected chi connectivity index (χ0v) is 16.2. The lowest BCUT2D eigenvalue weighted by atomic mass is 9.97. The molecule has 0 N–H and O–H groups in total. The summed E-state index contributed by atoms with van der Waals surface area (Å²) in [6.07, 6.45) is 5.23. The number of nitrogens with zero attached hydrogens (tertiary/aromatic N) is 5. The maximum absolute atomic E-state index is 13.8. The molecule has 3 aromatic rings. The van der Waals surface area contributed by atoms with Gasteiger partial charge in [-0.3, -0.25) is 9.78 Å². The number of aromatic nitrogens is 4. The Labute approximate surface area is 170 Å². The zero-order chi connectivity index (χ0) is 21.1. The van der Waals surface area contributed by atoms with E-state index >= 15 is 0 Å². The van der Waals surface area contributed by atoms with Crippen LogP contribution in [-0.2, 0) is 4.79 Å². The van der Waals surface area contributed by atoms with E-state index in [0.29, 0.717) is 30.7 Å². The predicted molar refractivity (Wildman–Crippen MR) is 100 cm³/mol. The number of hydrogen-bond donors (Lipinski definition) is 0. The molecule has 1 fully saturated rings. The minimum Gasteiger partial charge on any atom is -0.478 e. The third-order valence-corrected chi connectivity index (χ3v) is 4.87. The standard InChI is InChI=1S/C20H19F2N5O3/c1-12(29-17-5-4-14(21)9-15(17)22)20(28)27-8-2-3-13(11-27)18-25-19(30-26-18)16-10-23-6-7-24-16/h4-7,9-10,12-13H,2-3,8,11H2,1H3. The highest BCUT2D eigenvalue weighted by Gasteiger charge is 2.31. The van der Waals surface area contributed by atoms with Crippen LogP contribution in [0, 0.1) is 11.6 Å². The Morgan fingerprint density at radius 2 is 2.20 bits per heavy atom. The van der Waals surface area contributed by atoms with Crippen LogP contribution in [0.2, 0.25) is 0 Å². The fourth-order valence-electron chi connectivity index (χ4n) is 3.37. The number of likely N-dealkylation sites (tertiary alicyclic amines) is 1.